The number of hydrogen-bond acceptors (Lipinski definition) is 4. The van der Waals surface area contributed by atoms with E-state index in [4.69, 9.17) is 5.73 Å². The molecule has 0 aliphatic carbocycles. The summed E-state index contributed by atoms with van der Waals surface area (Å²) in [7, 11) is 0. The van der Waals surface area contributed by atoms with Gasteiger partial charge in [-0.05, 0) is 25.0 Å². The van der Waals surface area contributed by atoms with Gasteiger partial charge in [0.1, 0.15) is 11.6 Å². The lowest BCUT2D eigenvalue weighted by Gasteiger charge is -2.32. The molecule has 8 heteroatoms. The fourth-order valence-electron chi connectivity index (χ4n) is 2.17. The fourth-order valence-corrected chi connectivity index (χ4v) is 2.17. The van der Waals surface area contributed by atoms with Crippen LogP contribution in [0.4, 0.5) is 19.0 Å². The molecule has 1 aromatic heterocycles. The molecule has 1 unspecified atom stereocenters. The van der Waals surface area contributed by atoms with E-state index in [2.05, 4.69) is 9.72 Å². The van der Waals surface area contributed by atoms with Crippen molar-refractivity contribution in [2.24, 2.45) is 11.7 Å². The highest BCUT2D eigenvalue weighted by Gasteiger charge is 2.31. The van der Waals surface area contributed by atoms with Crippen molar-refractivity contribution in [3.05, 3.63) is 18.3 Å². The van der Waals surface area contributed by atoms with Crippen LogP contribution in [0.2, 0.25) is 0 Å². The van der Waals surface area contributed by atoms with Gasteiger partial charge in [0.2, 0.25) is 5.91 Å². The number of hydrogen-bond donors (Lipinski definition) is 1. The molecular weight excluding hydrogens is 275 g/mol. The number of alkyl halides is 3. The first kappa shape index (κ1) is 14.4. The molecule has 0 saturated carbocycles. The van der Waals surface area contributed by atoms with Crippen molar-refractivity contribution in [2.75, 3.05) is 18.0 Å². The number of rotatable bonds is 3. The summed E-state index contributed by atoms with van der Waals surface area (Å²) in [4.78, 5) is 16.9. The topological polar surface area (TPSA) is 68.5 Å². The van der Waals surface area contributed by atoms with Crippen LogP contribution >= 0.6 is 0 Å². The molecule has 5 nitrogen and oxygen atoms in total. The molecule has 1 aromatic rings. The quantitative estimate of drug-likeness (QED) is 0.919. The zero-order valence-corrected chi connectivity index (χ0v) is 10.6. The summed E-state index contributed by atoms with van der Waals surface area (Å²) >= 11 is 0. The SMILES string of the molecule is NC(=O)C1CCCN(c2ccc(OC(F)(F)F)cn2)C1. The molecule has 0 bridgehead atoms. The van der Waals surface area contributed by atoms with Crippen LogP contribution in [0.15, 0.2) is 18.3 Å². The number of carbonyl (C=O) groups is 1. The summed E-state index contributed by atoms with van der Waals surface area (Å²) in [5.74, 6) is -0.487. The Kier molecular flexibility index (Phi) is 4.01. The molecule has 1 fully saturated rings. The molecule has 0 aromatic carbocycles. The van der Waals surface area contributed by atoms with Crippen LogP contribution in [-0.4, -0.2) is 30.3 Å². The summed E-state index contributed by atoms with van der Waals surface area (Å²) in [5, 5.41) is 0. The number of anilines is 1. The van der Waals surface area contributed by atoms with Crippen molar-refractivity contribution in [3.8, 4) is 5.75 Å². The first-order chi connectivity index (χ1) is 9.35. The van der Waals surface area contributed by atoms with Crippen molar-refractivity contribution in [3.63, 3.8) is 0 Å². The number of nitrogens with zero attached hydrogens (tertiary/aromatic N) is 2. The van der Waals surface area contributed by atoms with E-state index in [0.717, 1.165) is 19.0 Å². The van der Waals surface area contributed by atoms with Gasteiger partial charge < -0.3 is 15.4 Å². The van der Waals surface area contributed by atoms with Crippen LogP contribution in [0.5, 0.6) is 5.75 Å². The third kappa shape index (κ3) is 3.75. The van der Waals surface area contributed by atoms with E-state index < -0.39 is 6.36 Å². The van der Waals surface area contributed by atoms with Gasteiger partial charge in [-0.2, -0.15) is 0 Å². The van der Waals surface area contributed by atoms with Gasteiger partial charge >= 0.3 is 6.36 Å². The largest absolute Gasteiger partial charge is 0.573 e. The van der Waals surface area contributed by atoms with Crippen LogP contribution in [0.3, 0.4) is 0 Å². The average Bonchev–Trinajstić information content (AvgIpc) is 2.38. The van der Waals surface area contributed by atoms with Crippen molar-refractivity contribution in [2.45, 2.75) is 19.2 Å². The number of ether oxygens (including phenoxy) is 1. The van der Waals surface area contributed by atoms with Gasteiger partial charge in [-0.3, -0.25) is 4.79 Å². The Hall–Kier alpha value is -1.99. The molecule has 2 rings (SSSR count). The van der Waals surface area contributed by atoms with E-state index in [1.807, 2.05) is 4.90 Å². The van der Waals surface area contributed by atoms with Crippen molar-refractivity contribution in [1.82, 2.24) is 4.98 Å². The number of primary amides is 1. The standard InChI is InChI=1S/C12H14F3N3O2/c13-12(14,15)20-9-3-4-10(17-6-9)18-5-1-2-8(7-18)11(16)19/h3-4,6,8H,1-2,5,7H2,(H2,16,19). The summed E-state index contributed by atoms with van der Waals surface area (Å²) in [6.07, 6.45) is -2.21. The molecule has 1 atom stereocenters. The first-order valence-corrected chi connectivity index (χ1v) is 6.11. The summed E-state index contributed by atoms with van der Waals surface area (Å²) in [6.45, 7) is 1.12. The normalized spacial score (nSPS) is 19.8. The number of pyridine rings is 1. The number of aromatic nitrogens is 1. The monoisotopic (exact) mass is 289 g/mol. The van der Waals surface area contributed by atoms with Crippen LogP contribution in [-0.2, 0) is 4.79 Å². The van der Waals surface area contributed by atoms with Crippen LogP contribution in [0, 0.1) is 5.92 Å². The zero-order valence-electron chi connectivity index (χ0n) is 10.6. The van der Waals surface area contributed by atoms with Gasteiger partial charge in [0.05, 0.1) is 12.1 Å². The summed E-state index contributed by atoms with van der Waals surface area (Å²) < 4.78 is 39.8. The number of piperidine rings is 1. The van der Waals surface area contributed by atoms with Gasteiger partial charge in [-0.1, -0.05) is 0 Å². The van der Waals surface area contributed by atoms with Crippen LogP contribution in [0.25, 0.3) is 0 Å². The Morgan fingerprint density at radius 3 is 2.75 bits per heavy atom. The molecule has 20 heavy (non-hydrogen) atoms. The van der Waals surface area contributed by atoms with Gasteiger partial charge in [-0.25, -0.2) is 4.98 Å². The third-order valence-corrected chi connectivity index (χ3v) is 3.10. The van der Waals surface area contributed by atoms with Crippen molar-refractivity contribution < 1.29 is 22.7 Å². The van der Waals surface area contributed by atoms with Gasteiger partial charge in [0.25, 0.3) is 0 Å². The summed E-state index contributed by atoms with van der Waals surface area (Å²) in [5.41, 5.74) is 5.27. The number of amides is 1. The van der Waals surface area contributed by atoms with Crippen molar-refractivity contribution in [1.29, 1.82) is 0 Å². The predicted octanol–water partition coefficient (Wildman–Crippen LogP) is 1.68. The second kappa shape index (κ2) is 5.56. The van der Waals surface area contributed by atoms with Crippen molar-refractivity contribution >= 4 is 11.7 Å². The minimum atomic E-state index is -4.73. The Morgan fingerprint density at radius 2 is 2.20 bits per heavy atom. The fraction of sp³-hybridized carbons (Fsp3) is 0.500. The van der Waals surface area contributed by atoms with Crippen LogP contribution < -0.4 is 15.4 Å². The number of nitrogens with two attached hydrogens (primary N) is 1. The highest BCUT2D eigenvalue weighted by atomic mass is 19.4. The lowest BCUT2D eigenvalue weighted by Crippen LogP contribution is -2.41. The lowest BCUT2D eigenvalue weighted by molar-refractivity contribution is -0.274. The molecule has 1 saturated heterocycles. The Labute approximate surface area is 113 Å². The van der Waals surface area contributed by atoms with E-state index in [0.29, 0.717) is 18.9 Å². The minimum Gasteiger partial charge on any atom is -0.404 e. The maximum absolute atomic E-state index is 12.0. The highest BCUT2D eigenvalue weighted by molar-refractivity contribution is 5.77. The molecular formula is C12H14F3N3O2. The maximum atomic E-state index is 12.0. The molecule has 2 N–H and O–H groups in total. The Bertz CT molecular complexity index is 476. The molecule has 1 amide bonds. The predicted molar refractivity (Wildman–Crippen MR) is 65.1 cm³/mol. The van der Waals surface area contributed by atoms with Gasteiger partial charge in [0.15, 0.2) is 0 Å². The molecule has 2 heterocycles. The van der Waals surface area contributed by atoms with Crippen LogP contribution in [0.1, 0.15) is 12.8 Å². The second-order valence-corrected chi connectivity index (χ2v) is 4.59. The first-order valence-electron chi connectivity index (χ1n) is 6.11. The molecule has 1 aliphatic heterocycles. The molecule has 110 valence electrons. The van der Waals surface area contributed by atoms with E-state index >= 15 is 0 Å². The summed E-state index contributed by atoms with van der Waals surface area (Å²) in [6, 6.07) is 2.63. The number of halogens is 3. The van der Waals surface area contributed by atoms with E-state index in [-0.39, 0.29) is 17.6 Å². The van der Waals surface area contributed by atoms with E-state index in [1.54, 1.807) is 0 Å². The molecule has 1 aliphatic rings. The Balaban J connectivity index is 2.04. The Morgan fingerprint density at radius 1 is 1.45 bits per heavy atom. The van der Waals surface area contributed by atoms with E-state index in [9.17, 15) is 18.0 Å². The smallest absolute Gasteiger partial charge is 0.404 e. The van der Waals surface area contributed by atoms with E-state index in [1.165, 1.54) is 12.1 Å². The average molecular weight is 289 g/mol. The number of carbonyl (C=O) groups excluding carboxylic acids is 1. The van der Waals surface area contributed by atoms with Gasteiger partial charge in [-0.15, -0.1) is 13.2 Å². The molecule has 0 spiro atoms. The maximum Gasteiger partial charge on any atom is 0.573 e. The second-order valence-electron chi connectivity index (χ2n) is 4.59. The van der Waals surface area contributed by atoms with Gasteiger partial charge in [0, 0.05) is 13.1 Å². The minimum absolute atomic E-state index is 0.253. The third-order valence-electron chi connectivity index (χ3n) is 3.10. The molecule has 0 radical (unpaired) electrons. The highest BCUT2D eigenvalue weighted by Crippen LogP contribution is 2.25. The zero-order chi connectivity index (χ0) is 14.8. The lowest BCUT2D eigenvalue weighted by atomic mass is 9.97.